The van der Waals surface area contributed by atoms with Crippen molar-refractivity contribution in [1.82, 2.24) is 4.90 Å². The molecular formula is C15H19N3O. The molecule has 4 nitrogen and oxygen atoms in total. The highest BCUT2D eigenvalue weighted by Crippen LogP contribution is 2.36. The van der Waals surface area contributed by atoms with Gasteiger partial charge in [0.1, 0.15) is 5.75 Å². The molecule has 1 aromatic carbocycles. The van der Waals surface area contributed by atoms with Gasteiger partial charge in [-0.15, -0.1) is 0 Å². The van der Waals surface area contributed by atoms with Crippen LogP contribution in [0.3, 0.4) is 0 Å². The Morgan fingerprint density at radius 2 is 2.26 bits per heavy atom. The van der Waals surface area contributed by atoms with E-state index >= 15 is 0 Å². The quantitative estimate of drug-likeness (QED) is 0.896. The number of benzene rings is 1. The van der Waals surface area contributed by atoms with E-state index < -0.39 is 0 Å². The fourth-order valence-electron chi connectivity index (χ4n) is 3.03. The summed E-state index contributed by atoms with van der Waals surface area (Å²) in [7, 11) is 0. The number of nitrogens with two attached hydrogens (primary N) is 1. The van der Waals surface area contributed by atoms with Gasteiger partial charge in [-0.25, -0.2) is 0 Å². The SMILES string of the molecule is NC1=NCC(c2ccc3c(c2)CCO3)N1CC1CC1. The van der Waals surface area contributed by atoms with Gasteiger partial charge in [-0.05, 0) is 42.0 Å². The number of guanidine groups is 1. The zero-order chi connectivity index (χ0) is 12.8. The average molecular weight is 257 g/mol. The van der Waals surface area contributed by atoms with Crippen LogP contribution in [0.4, 0.5) is 0 Å². The van der Waals surface area contributed by atoms with Crippen molar-refractivity contribution in [2.75, 3.05) is 19.7 Å². The minimum Gasteiger partial charge on any atom is -0.493 e. The molecule has 0 radical (unpaired) electrons. The normalized spacial score (nSPS) is 25.2. The predicted molar refractivity (Wildman–Crippen MR) is 74.3 cm³/mol. The highest BCUT2D eigenvalue weighted by atomic mass is 16.5. The van der Waals surface area contributed by atoms with E-state index in [0.717, 1.165) is 37.8 Å². The Morgan fingerprint density at radius 1 is 1.37 bits per heavy atom. The monoisotopic (exact) mass is 257 g/mol. The van der Waals surface area contributed by atoms with Crippen molar-refractivity contribution in [3.63, 3.8) is 0 Å². The van der Waals surface area contributed by atoms with Crippen LogP contribution in [-0.2, 0) is 6.42 Å². The number of hydrogen-bond acceptors (Lipinski definition) is 4. The molecule has 4 heteroatoms. The minimum absolute atomic E-state index is 0.325. The first kappa shape index (κ1) is 11.1. The van der Waals surface area contributed by atoms with Gasteiger partial charge in [-0.1, -0.05) is 6.07 Å². The Morgan fingerprint density at radius 3 is 3.11 bits per heavy atom. The Balaban J connectivity index is 1.60. The fourth-order valence-corrected chi connectivity index (χ4v) is 3.03. The summed E-state index contributed by atoms with van der Waals surface area (Å²) in [5.74, 6) is 2.59. The Hall–Kier alpha value is -1.71. The molecule has 100 valence electrons. The van der Waals surface area contributed by atoms with Gasteiger partial charge in [-0.2, -0.15) is 0 Å². The molecule has 0 bridgehead atoms. The smallest absolute Gasteiger partial charge is 0.191 e. The molecule has 1 aromatic rings. The summed E-state index contributed by atoms with van der Waals surface area (Å²) in [4.78, 5) is 6.73. The van der Waals surface area contributed by atoms with E-state index in [1.807, 2.05) is 0 Å². The molecular weight excluding hydrogens is 238 g/mol. The molecule has 2 aliphatic heterocycles. The second-order valence-corrected chi connectivity index (χ2v) is 5.78. The lowest BCUT2D eigenvalue weighted by molar-refractivity contribution is 0.333. The van der Waals surface area contributed by atoms with Crippen molar-refractivity contribution in [3.8, 4) is 5.75 Å². The molecule has 4 rings (SSSR count). The van der Waals surface area contributed by atoms with Gasteiger partial charge in [-0.3, -0.25) is 4.99 Å². The first-order valence-electron chi connectivity index (χ1n) is 7.13. The van der Waals surface area contributed by atoms with Gasteiger partial charge in [0.2, 0.25) is 0 Å². The molecule has 0 aromatic heterocycles. The Bertz CT molecular complexity index is 536. The van der Waals surface area contributed by atoms with E-state index in [1.165, 1.54) is 24.0 Å². The third-order valence-corrected chi connectivity index (χ3v) is 4.35. The van der Waals surface area contributed by atoms with Crippen molar-refractivity contribution in [2.45, 2.75) is 25.3 Å². The second kappa shape index (κ2) is 4.15. The summed E-state index contributed by atoms with van der Waals surface area (Å²) in [5, 5.41) is 0. The Labute approximate surface area is 113 Å². The van der Waals surface area contributed by atoms with Crippen molar-refractivity contribution in [3.05, 3.63) is 29.3 Å². The summed E-state index contributed by atoms with van der Waals surface area (Å²) in [6.45, 7) is 2.67. The van der Waals surface area contributed by atoms with Crippen LogP contribution >= 0.6 is 0 Å². The van der Waals surface area contributed by atoms with Gasteiger partial charge in [0.25, 0.3) is 0 Å². The topological polar surface area (TPSA) is 50.9 Å². The Kier molecular flexibility index (Phi) is 2.43. The lowest BCUT2D eigenvalue weighted by Crippen LogP contribution is -2.37. The molecule has 1 saturated carbocycles. The molecule has 3 aliphatic rings. The first-order valence-corrected chi connectivity index (χ1v) is 7.13. The molecule has 2 N–H and O–H groups in total. The third kappa shape index (κ3) is 1.95. The fraction of sp³-hybridized carbons (Fsp3) is 0.533. The molecule has 19 heavy (non-hydrogen) atoms. The van der Waals surface area contributed by atoms with Crippen LogP contribution in [0.1, 0.15) is 30.0 Å². The number of rotatable bonds is 3. The number of nitrogens with zero attached hydrogens (tertiary/aromatic N) is 2. The summed E-state index contributed by atoms with van der Waals surface area (Å²) in [6.07, 6.45) is 3.71. The minimum atomic E-state index is 0.325. The first-order chi connectivity index (χ1) is 9.31. The zero-order valence-electron chi connectivity index (χ0n) is 11.0. The van der Waals surface area contributed by atoms with E-state index in [1.54, 1.807) is 0 Å². The maximum atomic E-state index is 6.05. The van der Waals surface area contributed by atoms with E-state index in [2.05, 4.69) is 28.1 Å². The van der Waals surface area contributed by atoms with Crippen LogP contribution < -0.4 is 10.5 Å². The van der Waals surface area contributed by atoms with Gasteiger partial charge >= 0.3 is 0 Å². The summed E-state index contributed by atoms with van der Waals surface area (Å²) >= 11 is 0. The van der Waals surface area contributed by atoms with Gasteiger partial charge in [0, 0.05) is 13.0 Å². The molecule has 1 fully saturated rings. The number of aliphatic imine (C=N–C) groups is 1. The third-order valence-electron chi connectivity index (χ3n) is 4.35. The van der Waals surface area contributed by atoms with Crippen LogP contribution in [0.2, 0.25) is 0 Å². The number of ether oxygens (including phenoxy) is 1. The van der Waals surface area contributed by atoms with Crippen molar-refractivity contribution in [1.29, 1.82) is 0 Å². The van der Waals surface area contributed by atoms with Crippen LogP contribution in [0, 0.1) is 5.92 Å². The van der Waals surface area contributed by atoms with Crippen LogP contribution in [0.5, 0.6) is 5.75 Å². The van der Waals surface area contributed by atoms with E-state index in [9.17, 15) is 0 Å². The van der Waals surface area contributed by atoms with Gasteiger partial charge in [0.05, 0.1) is 19.2 Å². The molecule has 0 saturated heterocycles. The van der Waals surface area contributed by atoms with Crippen molar-refractivity contribution >= 4 is 5.96 Å². The summed E-state index contributed by atoms with van der Waals surface area (Å²) < 4.78 is 5.57. The highest BCUT2D eigenvalue weighted by molar-refractivity contribution is 5.80. The summed E-state index contributed by atoms with van der Waals surface area (Å²) in [5.41, 5.74) is 8.70. The molecule has 1 aliphatic carbocycles. The molecule has 0 amide bonds. The maximum Gasteiger partial charge on any atom is 0.191 e. The average Bonchev–Trinajstić information content (AvgIpc) is 2.98. The largest absolute Gasteiger partial charge is 0.493 e. The van der Waals surface area contributed by atoms with Gasteiger partial charge < -0.3 is 15.4 Å². The van der Waals surface area contributed by atoms with E-state index in [0.29, 0.717) is 12.0 Å². The van der Waals surface area contributed by atoms with E-state index in [4.69, 9.17) is 10.5 Å². The second-order valence-electron chi connectivity index (χ2n) is 5.78. The molecule has 1 unspecified atom stereocenters. The molecule has 1 atom stereocenters. The zero-order valence-corrected chi connectivity index (χ0v) is 11.0. The summed E-state index contributed by atoms with van der Waals surface area (Å²) in [6, 6.07) is 6.87. The molecule has 0 spiro atoms. The molecule has 2 heterocycles. The number of fused-ring (bicyclic) bond motifs is 1. The van der Waals surface area contributed by atoms with Crippen LogP contribution in [0.25, 0.3) is 0 Å². The van der Waals surface area contributed by atoms with E-state index in [-0.39, 0.29) is 0 Å². The van der Waals surface area contributed by atoms with Crippen molar-refractivity contribution < 1.29 is 4.74 Å². The van der Waals surface area contributed by atoms with Crippen LogP contribution in [0.15, 0.2) is 23.2 Å². The van der Waals surface area contributed by atoms with Gasteiger partial charge in [0.15, 0.2) is 5.96 Å². The lowest BCUT2D eigenvalue weighted by Gasteiger charge is -2.26. The van der Waals surface area contributed by atoms with Crippen molar-refractivity contribution in [2.24, 2.45) is 16.6 Å². The van der Waals surface area contributed by atoms with Crippen LogP contribution in [-0.4, -0.2) is 30.6 Å². The number of hydrogen-bond donors (Lipinski definition) is 1. The standard InChI is InChI=1S/C15H19N3O/c16-15-17-8-13(18(15)9-10-1-2-10)11-3-4-14-12(7-11)5-6-19-14/h3-4,7,10,13H,1-2,5-6,8-9H2,(H2,16,17). The maximum absolute atomic E-state index is 6.05. The lowest BCUT2D eigenvalue weighted by atomic mass is 10.0. The highest BCUT2D eigenvalue weighted by Gasteiger charge is 2.33. The predicted octanol–water partition coefficient (Wildman–Crippen LogP) is 1.70.